The number of hydrogen-bond acceptors (Lipinski definition) is 4. The summed E-state index contributed by atoms with van der Waals surface area (Å²) < 4.78 is 5.29. The van der Waals surface area contributed by atoms with Crippen molar-refractivity contribution in [1.82, 2.24) is 14.7 Å². The molecule has 7 nitrogen and oxygen atoms in total. The Morgan fingerprint density at radius 3 is 2.21 bits per heavy atom. The molecular formula is C27H33N3O4. The minimum atomic E-state index is -0.422. The van der Waals surface area contributed by atoms with Gasteiger partial charge in [-0.1, -0.05) is 43.7 Å². The molecule has 34 heavy (non-hydrogen) atoms. The van der Waals surface area contributed by atoms with Gasteiger partial charge in [-0.05, 0) is 36.2 Å². The molecule has 0 saturated carbocycles. The Labute approximate surface area is 201 Å². The monoisotopic (exact) mass is 463 g/mol. The molecule has 4 rings (SSSR count). The molecule has 7 heteroatoms. The van der Waals surface area contributed by atoms with E-state index in [0.717, 1.165) is 24.2 Å². The van der Waals surface area contributed by atoms with Crippen LogP contribution in [0.1, 0.15) is 48.1 Å². The zero-order valence-electron chi connectivity index (χ0n) is 20.0. The van der Waals surface area contributed by atoms with Crippen molar-refractivity contribution in [2.45, 2.75) is 32.2 Å². The first-order valence-corrected chi connectivity index (χ1v) is 12.1. The van der Waals surface area contributed by atoms with E-state index < -0.39 is 5.92 Å². The highest BCUT2D eigenvalue weighted by molar-refractivity contribution is 5.94. The summed E-state index contributed by atoms with van der Waals surface area (Å²) in [6.45, 7) is 4.69. The second kappa shape index (κ2) is 10.7. The van der Waals surface area contributed by atoms with Crippen LogP contribution < -0.4 is 4.74 Å². The number of likely N-dealkylation sites (tertiary alicyclic amines) is 1. The van der Waals surface area contributed by atoms with Crippen molar-refractivity contribution in [3.8, 4) is 5.75 Å². The number of amides is 3. The molecule has 2 aliphatic heterocycles. The fraction of sp³-hybridized carbons (Fsp3) is 0.444. The first-order valence-electron chi connectivity index (χ1n) is 12.1. The Bertz CT molecular complexity index is 1000. The third kappa shape index (κ3) is 4.93. The summed E-state index contributed by atoms with van der Waals surface area (Å²) in [5.74, 6) is 0.348. The molecule has 2 atom stereocenters. The zero-order chi connectivity index (χ0) is 24.1. The molecule has 2 aromatic rings. The normalized spacial score (nSPS) is 20.5. The Morgan fingerprint density at radius 1 is 0.941 bits per heavy atom. The van der Waals surface area contributed by atoms with Crippen LogP contribution >= 0.6 is 0 Å². The van der Waals surface area contributed by atoms with Gasteiger partial charge in [0.25, 0.3) is 5.91 Å². The van der Waals surface area contributed by atoms with Gasteiger partial charge in [-0.25, -0.2) is 0 Å². The lowest BCUT2D eigenvalue weighted by atomic mass is 9.91. The average Bonchev–Trinajstić information content (AvgIpc) is 3.23. The highest BCUT2D eigenvalue weighted by Gasteiger charge is 2.46. The molecule has 2 aliphatic rings. The van der Waals surface area contributed by atoms with Crippen LogP contribution in [0.2, 0.25) is 0 Å². The van der Waals surface area contributed by atoms with Crippen molar-refractivity contribution in [3.63, 3.8) is 0 Å². The van der Waals surface area contributed by atoms with Crippen LogP contribution in [0.5, 0.6) is 5.75 Å². The van der Waals surface area contributed by atoms with E-state index in [1.54, 1.807) is 12.0 Å². The predicted molar refractivity (Wildman–Crippen MR) is 129 cm³/mol. The fourth-order valence-electron chi connectivity index (χ4n) is 4.95. The minimum absolute atomic E-state index is 0.0000217. The lowest BCUT2D eigenvalue weighted by Crippen LogP contribution is -2.52. The molecule has 2 aromatic carbocycles. The van der Waals surface area contributed by atoms with E-state index in [1.807, 2.05) is 64.4 Å². The molecule has 0 bridgehead atoms. The van der Waals surface area contributed by atoms with E-state index in [0.29, 0.717) is 38.3 Å². The number of piperazine rings is 1. The summed E-state index contributed by atoms with van der Waals surface area (Å²) in [5.41, 5.74) is 1.62. The molecule has 3 amide bonds. The molecule has 2 saturated heterocycles. The summed E-state index contributed by atoms with van der Waals surface area (Å²) in [6.07, 6.45) is 2.11. The largest absolute Gasteiger partial charge is 0.497 e. The van der Waals surface area contributed by atoms with Crippen molar-refractivity contribution >= 4 is 17.7 Å². The zero-order valence-corrected chi connectivity index (χ0v) is 20.0. The molecule has 0 spiro atoms. The molecule has 2 heterocycles. The highest BCUT2D eigenvalue weighted by Crippen LogP contribution is 2.40. The van der Waals surface area contributed by atoms with Gasteiger partial charge in [0.15, 0.2) is 0 Å². The predicted octanol–water partition coefficient (Wildman–Crippen LogP) is 3.37. The Balaban J connectivity index is 1.48. The first kappa shape index (κ1) is 23.8. The third-order valence-corrected chi connectivity index (χ3v) is 6.86. The number of methoxy groups -OCH3 is 1. The summed E-state index contributed by atoms with van der Waals surface area (Å²) >= 11 is 0. The molecular weight excluding hydrogens is 430 g/mol. The summed E-state index contributed by atoms with van der Waals surface area (Å²) in [7, 11) is 1.62. The number of ether oxygens (including phenoxy) is 1. The highest BCUT2D eigenvalue weighted by atomic mass is 16.5. The van der Waals surface area contributed by atoms with Crippen LogP contribution in [-0.2, 0) is 9.59 Å². The van der Waals surface area contributed by atoms with Crippen molar-refractivity contribution in [1.29, 1.82) is 0 Å². The van der Waals surface area contributed by atoms with E-state index in [-0.39, 0.29) is 30.2 Å². The Kier molecular flexibility index (Phi) is 7.50. The van der Waals surface area contributed by atoms with Gasteiger partial charge in [-0.15, -0.1) is 0 Å². The minimum Gasteiger partial charge on any atom is -0.497 e. The van der Waals surface area contributed by atoms with E-state index >= 15 is 0 Å². The summed E-state index contributed by atoms with van der Waals surface area (Å²) in [4.78, 5) is 44.9. The molecule has 0 radical (unpaired) electrons. The van der Waals surface area contributed by atoms with Gasteiger partial charge in [0.2, 0.25) is 11.8 Å². The topological polar surface area (TPSA) is 70.2 Å². The van der Waals surface area contributed by atoms with Gasteiger partial charge in [0.1, 0.15) is 5.75 Å². The average molecular weight is 464 g/mol. The van der Waals surface area contributed by atoms with Crippen LogP contribution in [-0.4, -0.2) is 72.3 Å². The van der Waals surface area contributed by atoms with E-state index in [9.17, 15) is 14.4 Å². The van der Waals surface area contributed by atoms with Gasteiger partial charge in [-0.3, -0.25) is 14.4 Å². The standard InChI is InChI=1S/C27H33N3O4/c1-3-4-14-30-24(31)19-23(25(30)20-10-12-22(34-2)13-11-20)27(33)29-17-15-28(16-18-29)26(32)21-8-6-5-7-9-21/h5-13,23,25H,3-4,14-19H2,1-2H3/t23-,25-/m0/s1. The van der Waals surface area contributed by atoms with E-state index in [1.165, 1.54) is 0 Å². The summed E-state index contributed by atoms with van der Waals surface area (Å²) in [6, 6.07) is 16.6. The van der Waals surface area contributed by atoms with E-state index in [2.05, 4.69) is 6.92 Å². The van der Waals surface area contributed by atoms with Gasteiger partial charge in [0, 0.05) is 44.7 Å². The Hall–Kier alpha value is -3.35. The maximum absolute atomic E-state index is 13.6. The molecule has 0 unspecified atom stereocenters. The number of unbranched alkanes of at least 4 members (excludes halogenated alkanes) is 1. The van der Waals surface area contributed by atoms with Gasteiger partial charge < -0.3 is 19.4 Å². The number of nitrogens with zero attached hydrogens (tertiary/aromatic N) is 3. The number of hydrogen-bond donors (Lipinski definition) is 0. The second-order valence-corrected chi connectivity index (χ2v) is 8.95. The molecule has 0 aromatic heterocycles. The van der Waals surface area contributed by atoms with Crippen LogP contribution in [0.4, 0.5) is 0 Å². The lowest BCUT2D eigenvalue weighted by Gasteiger charge is -2.37. The molecule has 0 N–H and O–H groups in total. The van der Waals surface area contributed by atoms with Crippen molar-refractivity contribution < 1.29 is 19.1 Å². The quantitative estimate of drug-likeness (QED) is 0.631. The maximum Gasteiger partial charge on any atom is 0.253 e. The smallest absolute Gasteiger partial charge is 0.253 e. The molecule has 180 valence electrons. The number of rotatable bonds is 7. The SMILES string of the molecule is CCCCN1C(=O)C[C@H](C(=O)N2CCN(C(=O)c3ccccc3)CC2)[C@@H]1c1ccc(OC)cc1. The van der Waals surface area contributed by atoms with E-state index in [4.69, 9.17) is 4.74 Å². The van der Waals surface area contributed by atoms with Crippen molar-refractivity contribution in [3.05, 3.63) is 65.7 Å². The van der Waals surface area contributed by atoms with Gasteiger partial charge in [-0.2, -0.15) is 0 Å². The van der Waals surface area contributed by atoms with Crippen LogP contribution in [0, 0.1) is 5.92 Å². The number of carbonyl (C=O) groups is 3. The van der Waals surface area contributed by atoms with Crippen LogP contribution in [0.25, 0.3) is 0 Å². The second-order valence-electron chi connectivity index (χ2n) is 8.95. The number of carbonyl (C=O) groups excluding carboxylic acids is 3. The van der Waals surface area contributed by atoms with Gasteiger partial charge >= 0.3 is 0 Å². The van der Waals surface area contributed by atoms with Crippen molar-refractivity contribution in [2.75, 3.05) is 39.8 Å². The Morgan fingerprint density at radius 2 is 1.59 bits per heavy atom. The molecule has 2 fully saturated rings. The van der Waals surface area contributed by atoms with Crippen LogP contribution in [0.15, 0.2) is 54.6 Å². The lowest BCUT2D eigenvalue weighted by molar-refractivity contribution is -0.138. The maximum atomic E-state index is 13.6. The third-order valence-electron chi connectivity index (χ3n) is 6.86. The van der Waals surface area contributed by atoms with Crippen LogP contribution in [0.3, 0.4) is 0 Å². The number of benzene rings is 2. The van der Waals surface area contributed by atoms with Gasteiger partial charge in [0.05, 0.1) is 19.1 Å². The summed E-state index contributed by atoms with van der Waals surface area (Å²) in [5, 5.41) is 0. The molecule has 0 aliphatic carbocycles. The van der Waals surface area contributed by atoms with Crippen molar-refractivity contribution in [2.24, 2.45) is 5.92 Å². The first-order chi connectivity index (χ1) is 16.5. The fourth-order valence-corrected chi connectivity index (χ4v) is 4.95.